The number of nitrogens with one attached hydrogen (secondary N) is 1. The molecule has 1 aliphatic carbocycles. The summed E-state index contributed by atoms with van der Waals surface area (Å²) in [6, 6.07) is 6.08. The molecule has 1 aliphatic rings. The summed E-state index contributed by atoms with van der Waals surface area (Å²) in [6.07, 6.45) is -1.52. The van der Waals surface area contributed by atoms with Gasteiger partial charge in [0.2, 0.25) is 0 Å². The van der Waals surface area contributed by atoms with E-state index >= 15 is 0 Å². The lowest BCUT2D eigenvalue weighted by atomic mass is 9.98. The molecule has 6 nitrogen and oxygen atoms in total. The summed E-state index contributed by atoms with van der Waals surface area (Å²) in [7, 11) is 1.45. The Morgan fingerprint density at radius 1 is 1.07 bits per heavy atom. The molecule has 1 saturated carbocycles. The van der Waals surface area contributed by atoms with Gasteiger partial charge in [-0.3, -0.25) is 19.2 Å². The average molecular weight is 563 g/mol. The van der Waals surface area contributed by atoms with Gasteiger partial charge in [-0.2, -0.15) is 13.2 Å². The number of halogens is 4. The van der Waals surface area contributed by atoms with Crippen molar-refractivity contribution in [2.24, 2.45) is 0 Å². The summed E-state index contributed by atoms with van der Waals surface area (Å²) >= 11 is 0. The molecule has 1 amide bonds. The SMILES string of the molecule is CC.CC/C=C(/NCc1cccc(C(=O)N(C)C2CCC(=O)CCC2=O)c1C=O)c1ccc(C(F)(F)F)cc1F. The van der Waals surface area contributed by atoms with Crippen LogP contribution in [0.25, 0.3) is 5.70 Å². The van der Waals surface area contributed by atoms with Gasteiger partial charge in [-0.05, 0) is 42.7 Å². The zero-order valence-corrected chi connectivity index (χ0v) is 23.0. The van der Waals surface area contributed by atoms with Gasteiger partial charge < -0.3 is 10.2 Å². The number of rotatable bonds is 8. The maximum absolute atomic E-state index is 14.6. The second kappa shape index (κ2) is 14.5. The predicted molar refractivity (Wildman–Crippen MR) is 144 cm³/mol. The number of carbonyl (C=O) groups excluding carboxylic acids is 4. The maximum Gasteiger partial charge on any atom is 0.416 e. The highest BCUT2D eigenvalue weighted by molar-refractivity contribution is 6.04. The lowest BCUT2D eigenvalue weighted by molar-refractivity contribution is -0.137. The van der Waals surface area contributed by atoms with Crippen molar-refractivity contribution in [3.63, 3.8) is 0 Å². The minimum atomic E-state index is -4.68. The molecule has 1 N–H and O–H groups in total. The number of amides is 1. The summed E-state index contributed by atoms with van der Waals surface area (Å²) in [5.74, 6) is -1.87. The number of hydrogen-bond acceptors (Lipinski definition) is 5. The lowest BCUT2D eigenvalue weighted by Crippen LogP contribution is -2.42. The van der Waals surface area contributed by atoms with Crippen LogP contribution >= 0.6 is 0 Å². The molecular formula is C30H34F4N2O4. The Morgan fingerprint density at radius 3 is 2.38 bits per heavy atom. The second-order valence-electron chi connectivity index (χ2n) is 9.04. The molecular weight excluding hydrogens is 528 g/mol. The monoisotopic (exact) mass is 562 g/mol. The molecule has 0 aliphatic heterocycles. The third-order valence-corrected chi connectivity index (χ3v) is 6.52. The molecule has 0 saturated heterocycles. The Morgan fingerprint density at radius 2 is 1.77 bits per heavy atom. The highest BCUT2D eigenvalue weighted by Gasteiger charge is 2.32. The standard InChI is InChI=1S/C28H28F4N2O4.C2H6/c1-3-5-24(21-11-8-18(14-23(21)29)28(30,31)32)33-15-17-6-4-7-20(22(17)16-35)27(38)34(2)25-12-9-19(36)10-13-26(25)37;1-2/h4-8,11,14,16,25,33H,3,9-10,12-13,15H2,1-2H3;1-2H3/b24-5+;. The van der Waals surface area contributed by atoms with Crippen molar-refractivity contribution >= 4 is 29.5 Å². The van der Waals surface area contributed by atoms with E-state index in [9.17, 15) is 36.7 Å². The van der Waals surface area contributed by atoms with E-state index in [4.69, 9.17) is 0 Å². The Hall–Kier alpha value is -3.82. The first-order valence-electron chi connectivity index (χ1n) is 13.2. The molecule has 10 heteroatoms. The zero-order chi connectivity index (χ0) is 30.0. The van der Waals surface area contributed by atoms with Crippen molar-refractivity contribution in [1.29, 1.82) is 0 Å². The van der Waals surface area contributed by atoms with Gasteiger partial charge >= 0.3 is 6.18 Å². The molecule has 3 rings (SSSR count). The minimum absolute atomic E-state index is 0.0257. The molecule has 2 aromatic rings. The van der Waals surface area contributed by atoms with Gasteiger partial charge in [-0.25, -0.2) is 4.39 Å². The van der Waals surface area contributed by atoms with E-state index < -0.39 is 29.5 Å². The van der Waals surface area contributed by atoms with Crippen LogP contribution in [0.15, 0.2) is 42.5 Å². The van der Waals surface area contributed by atoms with Crippen molar-refractivity contribution in [3.8, 4) is 0 Å². The van der Waals surface area contributed by atoms with Gasteiger partial charge in [0, 0.05) is 49.7 Å². The van der Waals surface area contributed by atoms with E-state index in [0.29, 0.717) is 24.3 Å². The van der Waals surface area contributed by atoms with Crippen LogP contribution in [0.3, 0.4) is 0 Å². The van der Waals surface area contributed by atoms with E-state index in [1.54, 1.807) is 25.1 Å². The van der Waals surface area contributed by atoms with Gasteiger partial charge in [-0.15, -0.1) is 0 Å². The number of hydrogen-bond donors (Lipinski definition) is 1. The number of allylic oxidation sites excluding steroid dienone is 1. The van der Waals surface area contributed by atoms with Crippen LogP contribution in [0.1, 0.15) is 90.3 Å². The van der Waals surface area contributed by atoms with Crippen molar-refractivity contribution in [3.05, 3.63) is 76.1 Å². The normalized spacial score (nSPS) is 16.0. The first-order chi connectivity index (χ1) is 19.0. The van der Waals surface area contributed by atoms with Crippen molar-refractivity contribution in [2.45, 2.75) is 71.6 Å². The first-order valence-corrected chi connectivity index (χ1v) is 13.2. The Balaban J connectivity index is 0.00000274. The predicted octanol–water partition coefficient (Wildman–Crippen LogP) is 6.38. The number of alkyl halides is 3. The van der Waals surface area contributed by atoms with E-state index in [1.807, 2.05) is 13.8 Å². The fourth-order valence-electron chi connectivity index (χ4n) is 4.43. The molecule has 0 aromatic heterocycles. The van der Waals surface area contributed by atoms with Gasteiger partial charge in [0.15, 0.2) is 12.1 Å². The van der Waals surface area contributed by atoms with Crippen LogP contribution in [0.2, 0.25) is 0 Å². The van der Waals surface area contributed by atoms with Gasteiger partial charge in [0.1, 0.15) is 11.6 Å². The summed E-state index contributed by atoms with van der Waals surface area (Å²) in [4.78, 5) is 50.9. The van der Waals surface area contributed by atoms with Crippen LogP contribution < -0.4 is 5.32 Å². The molecule has 216 valence electrons. The fraction of sp³-hybridized carbons (Fsp3) is 0.400. The second-order valence-corrected chi connectivity index (χ2v) is 9.04. The number of Topliss-reactive ketones (excluding diaryl/α,β-unsaturated/α-hetero) is 2. The third kappa shape index (κ3) is 7.86. The van der Waals surface area contributed by atoms with Crippen LogP contribution in [0.4, 0.5) is 17.6 Å². The van der Waals surface area contributed by atoms with Gasteiger partial charge in [0.25, 0.3) is 5.91 Å². The number of ketones is 2. The summed E-state index contributed by atoms with van der Waals surface area (Å²) < 4.78 is 53.4. The zero-order valence-electron chi connectivity index (χ0n) is 23.0. The molecule has 0 radical (unpaired) electrons. The van der Waals surface area contributed by atoms with Crippen LogP contribution in [-0.4, -0.2) is 41.7 Å². The molecule has 0 bridgehead atoms. The lowest BCUT2D eigenvalue weighted by Gasteiger charge is -2.26. The third-order valence-electron chi connectivity index (χ3n) is 6.52. The number of aldehydes is 1. The topological polar surface area (TPSA) is 83.6 Å². The van der Waals surface area contributed by atoms with Crippen LogP contribution in [-0.2, 0) is 22.3 Å². The molecule has 1 fully saturated rings. The number of benzene rings is 2. The molecule has 0 spiro atoms. The number of likely N-dealkylation sites (N-methyl/N-ethyl adjacent to an activating group) is 1. The molecule has 1 atom stereocenters. The van der Waals surface area contributed by atoms with Gasteiger partial charge in [-0.1, -0.05) is 39.0 Å². The molecule has 1 unspecified atom stereocenters. The Labute approximate surface area is 231 Å². The highest BCUT2D eigenvalue weighted by atomic mass is 19.4. The van der Waals surface area contributed by atoms with E-state index in [1.165, 1.54) is 18.0 Å². The summed E-state index contributed by atoms with van der Waals surface area (Å²) in [5.41, 5.74) is -0.413. The summed E-state index contributed by atoms with van der Waals surface area (Å²) in [6.45, 7) is 5.75. The van der Waals surface area contributed by atoms with E-state index in [0.717, 1.165) is 12.1 Å². The van der Waals surface area contributed by atoms with Crippen molar-refractivity contribution < 1.29 is 36.7 Å². The minimum Gasteiger partial charge on any atom is -0.381 e. The largest absolute Gasteiger partial charge is 0.416 e. The number of nitrogens with zero attached hydrogens (tertiary/aromatic N) is 1. The van der Waals surface area contributed by atoms with Crippen molar-refractivity contribution in [1.82, 2.24) is 10.2 Å². The van der Waals surface area contributed by atoms with Crippen LogP contribution in [0, 0.1) is 5.82 Å². The smallest absolute Gasteiger partial charge is 0.381 e. The quantitative estimate of drug-likeness (QED) is 0.229. The van der Waals surface area contributed by atoms with Crippen LogP contribution in [0.5, 0.6) is 0 Å². The first kappa shape index (κ1) is 32.4. The molecule has 2 aromatic carbocycles. The number of carbonyl (C=O) groups is 4. The maximum atomic E-state index is 14.6. The molecule has 40 heavy (non-hydrogen) atoms. The molecule has 0 heterocycles. The van der Waals surface area contributed by atoms with Crippen molar-refractivity contribution in [2.75, 3.05) is 7.05 Å². The Bertz CT molecular complexity index is 1270. The fourth-order valence-corrected chi connectivity index (χ4v) is 4.43. The van der Waals surface area contributed by atoms with Gasteiger partial charge in [0.05, 0.1) is 17.2 Å². The average Bonchev–Trinajstić information content (AvgIpc) is 3.10. The highest BCUT2D eigenvalue weighted by Crippen LogP contribution is 2.31. The summed E-state index contributed by atoms with van der Waals surface area (Å²) in [5, 5.41) is 2.97. The van der Waals surface area contributed by atoms with E-state index in [-0.39, 0.29) is 66.2 Å². The Kier molecular flexibility index (Phi) is 11.8. The van der Waals surface area contributed by atoms with E-state index in [2.05, 4.69) is 5.32 Å².